The molecule has 190 valence electrons. The third kappa shape index (κ3) is 5.57. The molecule has 1 amide bonds. The second-order valence-corrected chi connectivity index (χ2v) is 9.28. The van der Waals surface area contributed by atoms with Crippen molar-refractivity contribution in [2.24, 2.45) is 5.10 Å². The highest BCUT2D eigenvalue weighted by atomic mass is 32.2. The van der Waals surface area contributed by atoms with Crippen LogP contribution in [-0.2, 0) is 19.6 Å². The van der Waals surface area contributed by atoms with E-state index in [1.54, 1.807) is 43.5 Å². The van der Waals surface area contributed by atoms with Crippen LogP contribution in [0.1, 0.15) is 36.3 Å². The number of hydrazone groups is 1. The standard InChI is InChI=1S/C26H24N4O6S/c1-3-23-22(25(31)30(27-23)20-10-6-5-7-11-20)12-8-9-18-17-29(28-24(18)26(32)36-4-2)19-13-15-21(16-14-19)37(33,34)35/h5-17H,3-4H2,1-2H3,(H,33,34,35)/b9-8+,22-12-. The molecule has 0 saturated heterocycles. The molecule has 0 radical (unpaired) electrons. The van der Waals surface area contributed by atoms with Crippen molar-refractivity contribution in [2.75, 3.05) is 11.6 Å². The van der Waals surface area contributed by atoms with Gasteiger partial charge in [-0.05, 0) is 55.8 Å². The predicted molar refractivity (Wildman–Crippen MR) is 138 cm³/mol. The lowest BCUT2D eigenvalue weighted by Gasteiger charge is -2.10. The van der Waals surface area contributed by atoms with E-state index in [1.807, 2.05) is 25.1 Å². The van der Waals surface area contributed by atoms with E-state index in [0.717, 1.165) is 0 Å². The van der Waals surface area contributed by atoms with Crippen molar-refractivity contribution < 1.29 is 27.3 Å². The number of ether oxygens (including phenoxy) is 1. The Morgan fingerprint density at radius 1 is 1.05 bits per heavy atom. The molecule has 0 bridgehead atoms. The molecule has 0 spiro atoms. The summed E-state index contributed by atoms with van der Waals surface area (Å²) in [5.41, 5.74) is 2.67. The van der Waals surface area contributed by atoms with Gasteiger partial charge in [0.25, 0.3) is 16.0 Å². The number of allylic oxidation sites excluding steroid dienone is 2. The summed E-state index contributed by atoms with van der Waals surface area (Å²) >= 11 is 0. The SMILES string of the molecule is CCOC(=O)c1nn(-c2ccc(S(=O)(=O)O)cc2)cc1/C=C/C=C1\C(=O)N(c2ccccc2)N=C1CC. The number of hydrogen-bond donors (Lipinski definition) is 1. The Kier molecular flexibility index (Phi) is 7.46. The molecule has 1 aliphatic rings. The first-order valence-electron chi connectivity index (χ1n) is 11.4. The quantitative estimate of drug-likeness (QED) is 0.269. The number of nitrogens with zero attached hydrogens (tertiary/aromatic N) is 4. The fourth-order valence-electron chi connectivity index (χ4n) is 3.65. The first kappa shape index (κ1) is 25.7. The van der Waals surface area contributed by atoms with Crippen LogP contribution in [0.25, 0.3) is 11.8 Å². The molecule has 2 aromatic carbocycles. The van der Waals surface area contributed by atoms with Crippen LogP contribution in [0.15, 0.2) is 88.5 Å². The Morgan fingerprint density at radius 3 is 2.38 bits per heavy atom. The lowest BCUT2D eigenvalue weighted by Crippen LogP contribution is -2.21. The average Bonchev–Trinajstić information content (AvgIpc) is 3.46. The lowest BCUT2D eigenvalue weighted by atomic mass is 10.1. The molecule has 10 nitrogen and oxygen atoms in total. The van der Waals surface area contributed by atoms with Crippen molar-refractivity contribution in [1.82, 2.24) is 9.78 Å². The molecule has 1 aliphatic heterocycles. The van der Waals surface area contributed by atoms with Crippen molar-refractivity contribution in [3.63, 3.8) is 0 Å². The van der Waals surface area contributed by atoms with Gasteiger partial charge in [0.2, 0.25) is 0 Å². The third-order valence-corrected chi connectivity index (χ3v) is 6.31. The molecule has 37 heavy (non-hydrogen) atoms. The Labute approximate surface area is 213 Å². The van der Waals surface area contributed by atoms with Crippen LogP contribution >= 0.6 is 0 Å². The van der Waals surface area contributed by atoms with Crippen molar-refractivity contribution >= 4 is 39.5 Å². The number of amides is 1. The second kappa shape index (κ2) is 10.7. The summed E-state index contributed by atoms with van der Waals surface area (Å²) in [4.78, 5) is 25.3. The number of anilines is 1. The zero-order chi connectivity index (χ0) is 26.6. The monoisotopic (exact) mass is 520 g/mol. The van der Waals surface area contributed by atoms with Gasteiger partial charge in [-0.3, -0.25) is 9.35 Å². The highest BCUT2D eigenvalue weighted by Crippen LogP contribution is 2.25. The van der Waals surface area contributed by atoms with Gasteiger partial charge in [0.15, 0.2) is 5.69 Å². The highest BCUT2D eigenvalue weighted by Gasteiger charge is 2.29. The first-order valence-corrected chi connectivity index (χ1v) is 12.9. The molecule has 1 N–H and O–H groups in total. The first-order chi connectivity index (χ1) is 17.7. The topological polar surface area (TPSA) is 131 Å². The number of benzene rings is 2. The number of esters is 1. The molecule has 1 aromatic heterocycles. The average molecular weight is 521 g/mol. The molecule has 0 fully saturated rings. The minimum atomic E-state index is -4.34. The Morgan fingerprint density at radius 2 is 1.76 bits per heavy atom. The summed E-state index contributed by atoms with van der Waals surface area (Å²) in [6, 6.07) is 14.5. The molecule has 4 rings (SSSR count). The molecule has 11 heteroatoms. The van der Waals surface area contributed by atoms with E-state index < -0.39 is 16.1 Å². The van der Waals surface area contributed by atoms with Gasteiger partial charge in [-0.1, -0.05) is 37.3 Å². The summed E-state index contributed by atoms with van der Waals surface area (Å²) < 4.78 is 38.3. The number of carbonyl (C=O) groups is 2. The van der Waals surface area contributed by atoms with Crippen LogP contribution in [0, 0.1) is 0 Å². The largest absolute Gasteiger partial charge is 0.461 e. The highest BCUT2D eigenvalue weighted by molar-refractivity contribution is 7.85. The number of hydrogen-bond acceptors (Lipinski definition) is 7. The van der Waals surface area contributed by atoms with E-state index in [2.05, 4.69) is 10.2 Å². The minimum absolute atomic E-state index is 0.0448. The maximum Gasteiger partial charge on any atom is 0.359 e. The van der Waals surface area contributed by atoms with Gasteiger partial charge in [0.05, 0.1) is 34.2 Å². The summed E-state index contributed by atoms with van der Waals surface area (Å²) in [5, 5.41) is 10.1. The van der Waals surface area contributed by atoms with Crippen LogP contribution < -0.4 is 5.01 Å². The van der Waals surface area contributed by atoms with Crippen molar-refractivity contribution in [2.45, 2.75) is 25.2 Å². The summed E-state index contributed by atoms with van der Waals surface area (Å²) in [7, 11) is -4.34. The van der Waals surface area contributed by atoms with E-state index in [0.29, 0.717) is 34.6 Å². The van der Waals surface area contributed by atoms with Crippen molar-refractivity contribution in [3.8, 4) is 5.69 Å². The molecule has 0 saturated carbocycles. The number of aromatic nitrogens is 2. The predicted octanol–water partition coefficient (Wildman–Crippen LogP) is 4.05. The fourth-order valence-corrected chi connectivity index (χ4v) is 4.13. The van der Waals surface area contributed by atoms with Gasteiger partial charge < -0.3 is 4.74 Å². The molecule has 3 aromatic rings. The molecular formula is C26H24N4O6S. The zero-order valence-electron chi connectivity index (χ0n) is 20.1. The van der Waals surface area contributed by atoms with Gasteiger partial charge >= 0.3 is 5.97 Å². The van der Waals surface area contributed by atoms with Crippen LogP contribution in [0.5, 0.6) is 0 Å². The van der Waals surface area contributed by atoms with Crippen LogP contribution in [0.2, 0.25) is 0 Å². The second-order valence-electron chi connectivity index (χ2n) is 7.86. The molecule has 0 atom stereocenters. The number of rotatable bonds is 8. The minimum Gasteiger partial charge on any atom is -0.461 e. The Balaban J connectivity index is 1.65. The molecular weight excluding hydrogens is 496 g/mol. The Bertz CT molecular complexity index is 1520. The van der Waals surface area contributed by atoms with Gasteiger partial charge in [-0.15, -0.1) is 0 Å². The van der Waals surface area contributed by atoms with E-state index in [9.17, 15) is 22.6 Å². The third-order valence-electron chi connectivity index (χ3n) is 5.44. The summed E-state index contributed by atoms with van der Waals surface area (Å²) in [6.45, 7) is 3.75. The fraction of sp³-hybridized carbons (Fsp3) is 0.154. The van der Waals surface area contributed by atoms with Gasteiger partial charge in [0, 0.05) is 11.8 Å². The number of para-hydroxylation sites is 1. The van der Waals surface area contributed by atoms with Crippen LogP contribution in [0.3, 0.4) is 0 Å². The van der Waals surface area contributed by atoms with E-state index >= 15 is 0 Å². The molecule has 0 aliphatic carbocycles. The van der Waals surface area contributed by atoms with E-state index in [4.69, 9.17) is 4.74 Å². The summed E-state index contributed by atoms with van der Waals surface area (Å²) in [6.07, 6.45) is 7.03. The van der Waals surface area contributed by atoms with Gasteiger partial charge in [0.1, 0.15) is 0 Å². The van der Waals surface area contributed by atoms with Crippen LogP contribution in [0.4, 0.5) is 5.69 Å². The zero-order valence-corrected chi connectivity index (χ0v) is 20.9. The lowest BCUT2D eigenvalue weighted by molar-refractivity contribution is -0.114. The maximum absolute atomic E-state index is 13.0. The summed E-state index contributed by atoms with van der Waals surface area (Å²) in [5.74, 6) is -0.890. The van der Waals surface area contributed by atoms with Gasteiger partial charge in [-0.2, -0.15) is 23.6 Å². The molecule has 0 unspecified atom stereocenters. The smallest absolute Gasteiger partial charge is 0.359 e. The van der Waals surface area contributed by atoms with E-state index in [1.165, 1.54) is 34.0 Å². The van der Waals surface area contributed by atoms with Crippen LogP contribution in [-0.4, -0.2) is 46.9 Å². The van der Waals surface area contributed by atoms with Crippen molar-refractivity contribution in [1.29, 1.82) is 0 Å². The van der Waals surface area contributed by atoms with Gasteiger partial charge in [-0.25, -0.2) is 9.48 Å². The Hall–Kier alpha value is -4.35. The normalized spacial score (nSPS) is 15.0. The maximum atomic E-state index is 13.0. The van der Waals surface area contributed by atoms with E-state index in [-0.39, 0.29) is 23.1 Å². The molecule has 2 heterocycles. The number of carbonyl (C=O) groups excluding carboxylic acids is 2. The van der Waals surface area contributed by atoms with Crippen molar-refractivity contribution in [3.05, 3.63) is 89.8 Å².